The second-order valence-electron chi connectivity index (χ2n) is 6.56. The van der Waals surface area contributed by atoms with E-state index in [0.717, 1.165) is 5.69 Å². The van der Waals surface area contributed by atoms with Crippen molar-refractivity contribution >= 4 is 0 Å². The lowest BCUT2D eigenvalue weighted by Crippen LogP contribution is -2.45. The normalized spacial score (nSPS) is 19.6. The van der Waals surface area contributed by atoms with E-state index >= 15 is 0 Å². The van der Waals surface area contributed by atoms with Gasteiger partial charge in [-0.3, -0.25) is 4.68 Å². The van der Waals surface area contributed by atoms with Crippen molar-refractivity contribution in [3.63, 3.8) is 0 Å². The molecule has 0 aromatic carbocycles. The first-order valence-corrected chi connectivity index (χ1v) is 7.58. The maximum atomic E-state index is 10.2. The van der Waals surface area contributed by atoms with E-state index in [0.29, 0.717) is 25.7 Å². The molecule has 1 unspecified atom stereocenters. The Morgan fingerprint density at radius 1 is 1.45 bits per heavy atom. The lowest BCUT2D eigenvalue weighted by molar-refractivity contribution is 0.0335. The van der Waals surface area contributed by atoms with Crippen molar-refractivity contribution in [1.82, 2.24) is 20.0 Å². The van der Waals surface area contributed by atoms with Crippen LogP contribution in [-0.2, 0) is 6.54 Å². The molecule has 1 atom stereocenters. The van der Waals surface area contributed by atoms with E-state index in [1.165, 1.54) is 25.7 Å². The van der Waals surface area contributed by atoms with Crippen LogP contribution in [0.2, 0.25) is 0 Å². The topological polar surface area (TPSA) is 53.3 Å². The molecule has 0 radical (unpaired) electrons. The molecule has 1 aromatic heterocycles. The average Bonchev–Trinajstić information content (AvgIpc) is 2.96. The highest BCUT2D eigenvalue weighted by Crippen LogP contribution is 2.28. The first-order valence-electron chi connectivity index (χ1n) is 7.58. The smallest absolute Gasteiger partial charge is 0.0869 e. The van der Waals surface area contributed by atoms with Crippen molar-refractivity contribution in [1.29, 1.82) is 0 Å². The van der Waals surface area contributed by atoms with Crippen LogP contribution in [-0.4, -0.2) is 52.6 Å². The molecule has 2 N–H and O–H groups in total. The zero-order valence-corrected chi connectivity index (χ0v) is 13.0. The van der Waals surface area contributed by atoms with Crippen LogP contribution in [0, 0.1) is 0 Å². The summed E-state index contributed by atoms with van der Waals surface area (Å²) in [6.07, 6.45) is 7.25. The molecule has 5 nitrogen and oxygen atoms in total. The molecule has 0 aliphatic heterocycles. The van der Waals surface area contributed by atoms with Gasteiger partial charge in [0.2, 0.25) is 0 Å². The van der Waals surface area contributed by atoms with Crippen LogP contribution in [0.1, 0.15) is 44.3 Å². The number of nitrogens with one attached hydrogen (secondary N) is 1. The number of aromatic nitrogens is 2. The summed E-state index contributed by atoms with van der Waals surface area (Å²) in [4.78, 5) is 2.00. The Kier molecular flexibility index (Phi) is 5.18. The molecule has 1 aliphatic rings. The molecule has 2 rings (SSSR count). The second-order valence-corrected chi connectivity index (χ2v) is 6.56. The minimum atomic E-state index is -0.711. The molecule has 1 fully saturated rings. The van der Waals surface area contributed by atoms with Gasteiger partial charge in [0, 0.05) is 25.8 Å². The molecule has 1 aromatic rings. The Balaban J connectivity index is 1.76. The Bertz CT molecular complexity index is 408. The fourth-order valence-corrected chi connectivity index (χ4v) is 3.04. The van der Waals surface area contributed by atoms with E-state index in [2.05, 4.69) is 27.4 Å². The van der Waals surface area contributed by atoms with E-state index in [1.54, 1.807) is 0 Å². The summed E-state index contributed by atoms with van der Waals surface area (Å²) in [6, 6.07) is 2.67. The van der Waals surface area contributed by atoms with Crippen LogP contribution in [0.15, 0.2) is 12.3 Å². The zero-order valence-electron chi connectivity index (χ0n) is 13.0. The highest BCUT2D eigenvalue weighted by atomic mass is 16.3. The summed E-state index contributed by atoms with van der Waals surface area (Å²) in [6.45, 7) is 3.79. The summed E-state index contributed by atoms with van der Waals surface area (Å²) in [5.74, 6) is 0. The van der Waals surface area contributed by atoms with Gasteiger partial charge in [-0.25, -0.2) is 0 Å². The lowest BCUT2D eigenvalue weighted by Gasteiger charge is -2.27. The van der Waals surface area contributed by atoms with Gasteiger partial charge in [-0.1, -0.05) is 12.8 Å². The van der Waals surface area contributed by atoms with E-state index in [1.807, 2.05) is 25.9 Å². The summed E-state index contributed by atoms with van der Waals surface area (Å²) < 4.78 is 2.11. The van der Waals surface area contributed by atoms with E-state index in [4.69, 9.17) is 0 Å². The van der Waals surface area contributed by atoms with E-state index in [9.17, 15) is 5.11 Å². The van der Waals surface area contributed by atoms with Crippen LogP contribution in [0.5, 0.6) is 0 Å². The fourth-order valence-electron chi connectivity index (χ4n) is 3.04. The minimum absolute atomic E-state index is 0.571. The van der Waals surface area contributed by atoms with Gasteiger partial charge >= 0.3 is 0 Å². The summed E-state index contributed by atoms with van der Waals surface area (Å²) in [5, 5.41) is 18.1. The molecule has 1 heterocycles. The second kappa shape index (κ2) is 6.70. The van der Waals surface area contributed by atoms with Crippen molar-refractivity contribution in [2.24, 2.45) is 0 Å². The standard InChI is InChI=1S/C15H28N4O/c1-15(20,12-18(2)3)11-16-10-13-8-9-19(17-13)14-6-4-5-7-14/h8-9,14,16,20H,4-7,10-12H2,1-3H3. The Labute approximate surface area is 122 Å². The molecule has 1 saturated carbocycles. The molecule has 0 bridgehead atoms. The molecule has 5 heteroatoms. The molecular formula is C15H28N4O. The van der Waals surface area contributed by atoms with Gasteiger partial charge in [0.25, 0.3) is 0 Å². The SMILES string of the molecule is CN(C)CC(C)(O)CNCc1ccn(C2CCCC2)n1. The molecule has 1 aliphatic carbocycles. The largest absolute Gasteiger partial charge is 0.388 e. The van der Waals surface area contributed by atoms with Crippen LogP contribution in [0.4, 0.5) is 0 Å². The van der Waals surface area contributed by atoms with Crippen molar-refractivity contribution in [3.8, 4) is 0 Å². The van der Waals surface area contributed by atoms with Gasteiger partial charge in [-0.2, -0.15) is 5.10 Å². The van der Waals surface area contributed by atoms with Gasteiger partial charge in [0.1, 0.15) is 0 Å². The zero-order chi connectivity index (χ0) is 14.6. The Hall–Kier alpha value is -0.910. The van der Waals surface area contributed by atoms with Crippen LogP contribution < -0.4 is 5.32 Å². The number of nitrogens with zero attached hydrogens (tertiary/aromatic N) is 3. The highest BCUT2D eigenvalue weighted by Gasteiger charge is 2.21. The van der Waals surface area contributed by atoms with Gasteiger partial charge in [-0.05, 0) is 39.9 Å². The first kappa shape index (κ1) is 15.5. The van der Waals surface area contributed by atoms with Crippen molar-refractivity contribution in [2.75, 3.05) is 27.2 Å². The third-order valence-corrected chi connectivity index (χ3v) is 3.83. The van der Waals surface area contributed by atoms with Gasteiger partial charge < -0.3 is 15.3 Å². The lowest BCUT2D eigenvalue weighted by atomic mass is 10.1. The molecule has 114 valence electrons. The van der Waals surface area contributed by atoms with Crippen molar-refractivity contribution in [2.45, 2.75) is 50.8 Å². The predicted molar refractivity (Wildman–Crippen MR) is 80.6 cm³/mol. The molecule has 0 amide bonds. The molecule has 0 saturated heterocycles. The summed E-state index contributed by atoms with van der Waals surface area (Å²) >= 11 is 0. The van der Waals surface area contributed by atoms with Crippen LogP contribution >= 0.6 is 0 Å². The maximum Gasteiger partial charge on any atom is 0.0869 e. The summed E-state index contributed by atoms with van der Waals surface area (Å²) in [7, 11) is 3.94. The molecule has 0 spiro atoms. The monoisotopic (exact) mass is 280 g/mol. The maximum absolute atomic E-state index is 10.2. The Morgan fingerprint density at radius 3 is 2.80 bits per heavy atom. The fraction of sp³-hybridized carbons (Fsp3) is 0.800. The predicted octanol–water partition coefficient (Wildman–Crippen LogP) is 1.40. The van der Waals surface area contributed by atoms with Crippen LogP contribution in [0.25, 0.3) is 0 Å². The third-order valence-electron chi connectivity index (χ3n) is 3.83. The van der Waals surface area contributed by atoms with Gasteiger partial charge in [-0.15, -0.1) is 0 Å². The number of hydrogen-bond donors (Lipinski definition) is 2. The molecular weight excluding hydrogens is 252 g/mol. The Morgan fingerprint density at radius 2 is 2.15 bits per heavy atom. The van der Waals surface area contributed by atoms with E-state index in [-0.39, 0.29) is 0 Å². The van der Waals surface area contributed by atoms with E-state index < -0.39 is 5.60 Å². The highest BCUT2D eigenvalue weighted by molar-refractivity contribution is 5.00. The van der Waals surface area contributed by atoms with Gasteiger partial charge in [0.05, 0.1) is 17.3 Å². The number of rotatable bonds is 7. The van der Waals surface area contributed by atoms with Gasteiger partial charge in [0.15, 0.2) is 0 Å². The van der Waals surface area contributed by atoms with Crippen LogP contribution in [0.3, 0.4) is 0 Å². The molecule has 20 heavy (non-hydrogen) atoms. The number of likely N-dealkylation sites (N-methyl/N-ethyl adjacent to an activating group) is 1. The summed E-state index contributed by atoms with van der Waals surface area (Å²) in [5.41, 5.74) is 0.342. The quantitative estimate of drug-likeness (QED) is 0.793. The number of aliphatic hydroxyl groups is 1. The minimum Gasteiger partial charge on any atom is -0.388 e. The average molecular weight is 280 g/mol. The van der Waals surface area contributed by atoms with Crippen molar-refractivity contribution in [3.05, 3.63) is 18.0 Å². The number of hydrogen-bond acceptors (Lipinski definition) is 4. The third kappa shape index (κ3) is 4.58. The van der Waals surface area contributed by atoms with Crippen molar-refractivity contribution < 1.29 is 5.11 Å². The first-order chi connectivity index (χ1) is 9.46.